The molecule has 5 nitrogen and oxygen atoms in total. The third kappa shape index (κ3) is 4.21. The number of hydrogen-bond acceptors (Lipinski definition) is 4. The molecular formula is C26H24N2O3. The van der Waals surface area contributed by atoms with Crippen molar-refractivity contribution in [3.05, 3.63) is 101 Å². The predicted molar refractivity (Wildman–Crippen MR) is 121 cm³/mol. The van der Waals surface area contributed by atoms with Crippen LogP contribution in [0.2, 0.25) is 0 Å². The van der Waals surface area contributed by atoms with Gasteiger partial charge < -0.3 is 10.1 Å². The zero-order valence-electron chi connectivity index (χ0n) is 17.8. The Balaban J connectivity index is 1.71. The number of amides is 2. The van der Waals surface area contributed by atoms with Crippen LogP contribution in [0.1, 0.15) is 22.3 Å². The van der Waals surface area contributed by atoms with E-state index in [-0.39, 0.29) is 24.1 Å². The molecule has 1 heterocycles. The number of hydrogen-bond donors (Lipinski definition) is 1. The summed E-state index contributed by atoms with van der Waals surface area (Å²) in [7, 11) is 1.60. The Labute approximate surface area is 182 Å². The van der Waals surface area contributed by atoms with Gasteiger partial charge in [-0.2, -0.15) is 0 Å². The molecule has 0 aliphatic carbocycles. The summed E-state index contributed by atoms with van der Waals surface area (Å²) in [6.45, 7) is 4.21. The lowest BCUT2D eigenvalue weighted by Gasteiger charge is -2.15. The monoisotopic (exact) mass is 412 g/mol. The van der Waals surface area contributed by atoms with Crippen LogP contribution in [0.5, 0.6) is 5.75 Å². The average Bonchev–Trinajstić information content (AvgIpc) is 3.00. The molecule has 0 unspecified atom stereocenters. The summed E-state index contributed by atoms with van der Waals surface area (Å²) in [5, 5.41) is 3.17. The molecule has 1 aliphatic heterocycles. The van der Waals surface area contributed by atoms with E-state index in [4.69, 9.17) is 4.74 Å². The lowest BCUT2D eigenvalue weighted by atomic mass is 10.0. The fraction of sp³-hybridized carbons (Fsp3) is 0.154. The highest BCUT2D eigenvalue weighted by Crippen LogP contribution is 2.32. The third-order valence-electron chi connectivity index (χ3n) is 5.33. The maximum atomic E-state index is 13.4. The van der Waals surface area contributed by atoms with Gasteiger partial charge in [-0.25, -0.2) is 0 Å². The van der Waals surface area contributed by atoms with Crippen molar-refractivity contribution in [3.8, 4) is 5.75 Å². The van der Waals surface area contributed by atoms with Gasteiger partial charge in [0.1, 0.15) is 11.4 Å². The molecule has 5 heteroatoms. The number of ether oxygens (including phenoxy) is 1. The second-order valence-electron chi connectivity index (χ2n) is 7.65. The number of nitrogens with zero attached hydrogens (tertiary/aromatic N) is 1. The molecule has 1 N–H and O–H groups in total. The van der Waals surface area contributed by atoms with Gasteiger partial charge in [0.25, 0.3) is 11.8 Å². The van der Waals surface area contributed by atoms with E-state index in [1.54, 1.807) is 19.2 Å². The first kappa shape index (κ1) is 20.4. The fourth-order valence-electron chi connectivity index (χ4n) is 3.52. The van der Waals surface area contributed by atoms with E-state index in [1.165, 1.54) is 4.90 Å². The maximum absolute atomic E-state index is 13.4. The zero-order valence-corrected chi connectivity index (χ0v) is 17.8. The van der Waals surface area contributed by atoms with Crippen LogP contribution in [0, 0.1) is 13.8 Å². The van der Waals surface area contributed by atoms with Crippen molar-refractivity contribution >= 4 is 23.1 Å². The molecule has 3 aromatic rings. The van der Waals surface area contributed by atoms with Crippen molar-refractivity contribution in [2.75, 3.05) is 12.4 Å². The van der Waals surface area contributed by atoms with Crippen molar-refractivity contribution in [1.82, 2.24) is 4.90 Å². The summed E-state index contributed by atoms with van der Waals surface area (Å²) in [5.41, 5.74) is 5.20. The van der Waals surface area contributed by atoms with Crippen LogP contribution in [0.15, 0.2) is 78.5 Å². The Morgan fingerprint density at radius 2 is 1.35 bits per heavy atom. The number of benzene rings is 3. The smallest absolute Gasteiger partial charge is 0.278 e. The van der Waals surface area contributed by atoms with Gasteiger partial charge in [-0.05, 0) is 49.2 Å². The highest BCUT2D eigenvalue weighted by atomic mass is 16.5. The first-order valence-electron chi connectivity index (χ1n) is 10.1. The largest absolute Gasteiger partial charge is 0.497 e. The topological polar surface area (TPSA) is 58.6 Å². The molecule has 2 amide bonds. The fourth-order valence-corrected chi connectivity index (χ4v) is 3.52. The number of anilines is 1. The SMILES string of the molecule is COc1ccc(NC2=C(c3ccc(C)cc3)C(=O)N(Cc3ccc(C)cc3)C2=O)cc1. The summed E-state index contributed by atoms with van der Waals surface area (Å²) >= 11 is 0. The van der Waals surface area contributed by atoms with Gasteiger partial charge in [0.15, 0.2) is 0 Å². The Bertz CT molecular complexity index is 1140. The van der Waals surface area contributed by atoms with Crippen molar-refractivity contribution < 1.29 is 14.3 Å². The van der Waals surface area contributed by atoms with Gasteiger partial charge in [0.05, 0.1) is 19.2 Å². The summed E-state index contributed by atoms with van der Waals surface area (Å²) in [5.74, 6) is 0.0792. The van der Waals surface area contributed by atoms with E-state index in [9.17, 15) is 9.59 Å². The second kappa shape index (κ2) is 8.48. The molecule has 4 rings (SSSR count). The molecule has 0 saturated carbocycles. The molecule has 156 valence electrons. The number of nitrogens with one attached hydrogen (secondary N) is 1. The van der Waals surface area contributed by atoms with E-state index in [2.05, 4.69) is 5.32 Å². The van der Waals surface area contributed by atoms with E-state index in [1.807, 2.05) is 74.5 Å². The maximum Gasteiger partial charge on any atom is 0.278 e. The number of aryl methyl sites for hydroxylation is 2. The number of carbonyl (C=O) groups is 2. The standard InChI is InChI=1S/C26H24N2O3/c1-17-4-8-19(9-5-17)16-28-25(29)23(20-10-6-18(2)7-11-20)24(26(28)30)27-21-12-14-22(31-3)15-13-21/h4-15,27H,16H2,1-3H3. The van der Waals surface area contributed by atoms with Crippen LogP contribution in [0.4, 0.5) is 5.69 Å². The summed E-state index contributed by atoms with van der Waals surface area (Å²) in [4.78, 5) is 28.0. The highest BCUT2D eigenvalue weighted by molar-refractivity contribution is 6.36. The van der Waals surface area contributed by atoms with E-state index in [0.717, 1.165) is 16.7 Å². The Hall–Kier alpha value is -3.86. The van der Waals surface area contributed by atoms with E-state index >= 15 is 0 Å². The van der Waals surface area contributed by atoms with Crippen LogP contribution < -0.4 is 10.1 Å². The van der Waals surface area contributed by atoms with Gasteiger partial charge in [0, 0.05) is 5.69 Å². The van der Waals surface area contributed by atoms with Gasteiger partial charge >= 0.3 is 0 Å². The summed E-state index contributed by atoms with van der Waals surface area (Å²) in [6, 6.07) is 22.7. The van der Waals surface area contributed by atoms with Crippen LogP contribution in [0.3, 0.4) is 0 Å². The van der Waals surface area contributed by atoms with Crippen LogP contribution >= 0.6 is 0 Å². The molecule has 0 radical (unpaired) electrons. The number of rotatable bonds is 6. The molecule has 0 aromatic heterocycles. The second-order valence-corrected chi connectivity index (χ2v) is 7.65. The van der Waals surface area contributed by atoms with Crippen LogP contribution in [0.25, 0.3) is 5.57 Å². The molecular weight excluding hydrogens is 388 g/mol. The van der Waals surface area contributed by atoms with Crippen molar-refractivity contribution in [3.63, 3.8) is 0 Å². The summed E-state index contributed by atoms with van der Waals surface area (Å²) in [6.07, 6.45) is 0. The van der Waals surface area contributed by atoms with E-state index in [0.29, 0.717) is 22.6 Å². The van der Waals surface area contributed by atoms with Crippen molar-refractivity contribution in [2.24, 2.45) is 0 Å². The lowest BCUT2D eigenvalue weighted by Crippen LogP contribution is -2.32. The number of carbonyl (C=O) groups excluding carboxylic acids is 2. The van der Waals surface area contributed by atoms with Gasteiger partial charge in [-0.3, -0.25) is 14.5 Å². The number of imide groups is 1. The minimum absolute atomic E-state index is 0.223. The normalized spacial score (nSPS) is 13.7. The third-order valence-corrected chi connectivity index (χ3v) is 5.33. The van der Waals surface area contributed by atoms with Crippen LogP contribution in [-0.4, -0.2) is 23.8 Å². The molecule has 0 saturated heterocycles. The lowest BCUT2D eigenvalue weighted by molar-refractivity contribution is -0.137. The molecule has 0 atom stereocenters. The average molecular weight is 412 g/mol. The van der Waals surface area contributed by atoms with Gasteiger partial charge in [-0.1, -0.05) is 59.7 Å². The minimum atomic E-state index is -0.336. The Morgan fingerprint density at radius 3 is 1.94 bits per heavy atom. The molecule has 3 aromatic carbocycles. The molecule has 0 spiro atoms. The molecule has 0 bridgehead atoms. The predicted octanol–water partition coefficient (Wildman–Crippen LogP) is 4.70. The first-order chi connectivity index (χ1) is 15.0. The van der Waals surface area contributed by atoms with E-state index < -0.39 is 0 Å². The Kier molecular flexibility index (Phi) is 5.58. The molecule has 31 heavy (non-hydrogen) atoms. The summed E-state index contributed by atoms with van der Waals surface area (Å²) < 4.78 is 5.20. The van der Waals surface area contributed by atoms with Crippen LogP contribution in [-0.2, 0) is 16.1 Å². The highest BCUT2D eigenvalue weighted by Gasteiger charge is 2.39. The Morgan fingerprint density at radius 1 is 0.774 bits per heavy atom. The number of methoxy groups -OCH3 is 1. The quantitative estimate of drug-likeness (QED) is 0.596. The van der Waals surface area contributed by atoms with Crippen molar-refractivity contribution in [1.29, 1.82) is 0 Å². The van der Waals surface area contributed by atoms with Crippen molar-refractivity contribution in [2.45, 2.75) is 20.4 Å². The molecule has 1 aliphatic rings. The van der Waals surface area contributed by atoms with Gasteiger partial charge in [0.2, 0.25) is 0 Å². The zero-order chi connectivity index (χ0) is 22.0. The molecule has 0 fully saturated rings. The van der Waals surface area contributed by atoms with Gasteiger partial charge in [-0.15, -0.1) is 0 Å². The first-order valence-corrected chi connectivity index (χ1v) is 10.1. The minimum Gasteiger partial charge on any atom is -0.497 e.